The van der Waals surface area contributed by atoms with Crippen LogP contribution < -0.4 is 0 Å². The van der Waals surface area contributed by atoms with Crippen molar-refractivity contribution < 1.29 is 18.7 Å². The van der Waals surface area contributed by atoms with Crippen LogP contribution in [-0.4, -0.2) is 21.3 Å². The smallest absolute Gasteiger partial charge is 0.371 e. The first-order chi connectivity index (χ1) is 10.7. The number of aromatic nitrogens is 2. The van der Waals surface area contributed by atoms with Crippen molar-refractivity contribution in [3.8, 4) is 0 Å². The van der Waals surface area contributed by atoms with Gasteiger partial charge in [-0.2, -0.15) is 0 Å². The molecule has 1 aromatic carbocycles. The Morgan fingerprint density at radius 3 is 2.64 bits per heavy atom. The molecule has 3 aromatic rings. The maximum atomic E-state index is 10.7. The molecule has 1 N–H and O–H groups in total. The average Bonchev–Trinajstić information content (AvgIpc) is 3.15. The van der Waals surface area contributed by atoms with Gasteiger partial charge in [0.2, 0.25) is 11.7 Å². The van der Waals surface area contributed by atoms with Crippen molar-refractivity contribution >= 4 is 17.7 Å². The van der Waals surface area contributed by atoms with E-state index in [9.17, 15) is 4.79 Å². The number of nitrogens with zero attached hydrogens (tertiary/aromatic N) is 2. The molecular formula is C15H12N2O4S. The second-order valence-corrected chi connectivity index (χ2v) is 5.41. The first-order valence-corrected chi connectivity index (χ1v) is 7.50. The Bertz CT molecular complexity index is 767. The van der Waals surface area contributed by atoms with Gasteiger partial charge < -0.3 is 13.9 Å². The molecule has 3 rings (SSSR count). The van der Waals surface area contributed by atoms with Crippen molar-refractivity contribution in [1.29, 1.82) is 0 Å². The number of thioether (sulfide) groups is 1. The lowest BCUT2D eigenvalue weighted by Crippen LogP contribution is -1.91. The van der Waals surface area contributed by atoms with Crippen LogP contribution in [0.5, 0.6) is 0 Å². The molecular weight excluding hydrogens is 304 g/mol. The third-order valence-electron chi connectivity index (χ3n) is 2.86. The van der Waals surface area contributed by atoms with Crippen molar-refractivity contribution in [2.75, 3.05) is 0 Å². The predicted molar refractivity (Wildman–Crippen MR) is 78.8 cm³/mol. The Morgan fingerprint density at radius 1 is 1.09 bits per heavy atom. The monoisotopic (exact) mass is 316 g/mol. The zero-order chi connectivity index (χ0) is 15.4. The number of rotatable bonds is 6. The average molecular weight is 316 g/mol. The molecule has 0 bridgehead atoms. The summed E-state index contributed by atoms with van der Waals surface area (Å²) in [5.41, 5.74) is 1.10. The summed E-state index contributed by atoms with van der Waals surface area (Å²) in [6, 6.07) is 12.9. The van der Waals surface area contributed by atoms with Crippen LogP contribution in [0.25, 0.3) is 0 Å². The highest BCUT2D eigenvalue weighted by atomic mass is 32.2. The zero-order valence-corrected chi connectivity index (χ0v) is 12.2. The Labute approximate surface area is 130 Å². The van der Waals surface area contributed by atoms with E-state index in [1.807, 2.05) is 30.3 Å². The van der Waals surface area contributed by atoms with Gasteiger partial charge >= 0.3 is 5.97 Å². The number of carboxylic acid groups (broad SMARTS) is 1. The minimum atomic E-state index is -1.08. The Morgan fingerprint density at radius 2 is 1.91 bits per heavy atom. The van der Waals surface area contributed by atoms with Gasteiger partial charge in [-0.1, -0.05) is 42.1 Å². The molecule has 6 nitrogen and oxygen atoms in total. The highest BCUT2D eigenvalue weighted by Gasteiger charge is 2.12. The van der Waals surface area contributed by atoms with Gasteiger partial charge in [0.25, 0.3) is 5.22 Å². The zero-order valence-electron chi connectivity index (χ0n) is 11.4. The van der Waals surface area contributed by atoms with Crippen molar-refractivity contribution in [3.63, 3.8) is 0 Å². The van der Waals surface area contributed by atoms with Gasteiger partial charge in [-0.05, 0) is 17.7 Å². The van der Waals surface area contributed by atoms with E-state index >= 15 is 0 Å². The van der Waals surface area contributed by atoms with E-state index in [0.717, 1.165) is 5.56 Å². The van der Waals surface area contributed by atoms with Gasteiger partial charge in [-0.15, -0.1) is 10.2 Å². The lowest BCUT2D eigenvalue weighted by Gasteiger charge is -1.95. The van der Waals surface area contributed by atoms with Crippen LogP contribution >= 0.6 is 11.8 Å². The first-order valence-electron chi connectivity index (χ1n) is 6.52. The molecule has 2 heterocycles. The van der Waals surface area contributed by atoms with Crippen LogP contribution in [0.2, 0.25) is 0 Å². The summed E-state index contributed by atoms with van der Waals surface area (Å²) in [4.78, 5) is 10.7. The third kappa shape index (κ3) is 3.56. The number of carboxylic acids is 1. The van der Waals surface area contributed by atoms with Crippen molar-refractivity contribution in [2.24, 2.45) is 0 Å². The fraction of sp³-hybridized carbons (Fsp3) is 0.133. The molecule has 0 aliphatic heterocycles. The van der Waals surface area contributed by atoms with Crippen molar-refractivity contribution in [3.05, 3.63) is 65.4 Å². The molecule has 112 valence electrons. The Kier molecular flexibility index (Phi) is 4.24. The Balaban J connectivity index is 1.58. The van der Waals surface area contributed by atoms with Gasteiger partial charge in [-0.3, -0.25) is 0 Å². The summed E-state index contributed by atoms with van der Waals surface area (Å²) in [5, 5.41) is 17.2. The summed E-state index contributed by atoms with van der Waals surface area (Å²) < 4.78 is 10.7. The number of carbonyl (C=O) groups is 1. The fourth-order valence-electron chi connectivity index (χ4n) is 1.84. The Hall–Kier alpha value is -2.54. The molecule has 0 saturated carbocycles. The van der Waals surface area contributed by atoms with E-state index in [1.54, 1.807) is 6.07 Å². The molecule has 0 spiro atoms. The largest absolute Gasteiger partial charge is 0.475 e. The van der Waals surface area contributed by atoms with E-state index in [1.165, 1.54) is 17.8 Å². The summed E-state index contributed by atoms with van der Waals surface area (Å²) >= 11 is 1.30. The lowest BCUT2D eigenvalue weighted by molar-refractivity contribution is 0.0661. The highest BCUT2D eigenvalue weighted by molar-refractivity contribution is 7.98. The van der Waals surface area contributed by atoms with Crippen LogP contribution in [0.1, 0.15) is 27.8 Å². The molecule has 0 saturated heterocycles. The number of aromatic carboxylic acids is 1. The van der Waals surface area contributed by atoms with Gasteiger partial charge in [0.15, 0.2) is 0 Å². The molecule has 7 heteroatoms. The molecule has 0 amide bonds. The quantitative estimate of drug-likeness (QED) is 0.698. The number of benzene rings is 1. The van der Waals surface area contributed by atoms with Crippen LogP contribution in [0.15, 0.2) is 56.5 Å². The number of hydrogen-bond acceptors (Lipinski definition) is 6. The minimum absolute atomic E-state index is 0.0779. The van der Waals surface area contributed by atoms with Gasteiger partial charge in [0, 0.05) is 0 Å². The maximum absolute atomic E-state index is 10.7. The summed E-state index contributed by atoms with van der Waals surface area (Å²) in [7, 11) is 0. The van der Waals surface area contributed by atoms with Crippen LogP contribution in [0, 0.1) is 0 Å². The molecule has 0 aliphatic rings. The molecule has 0 fully saturated rings. The number of furan rings is 1. The highest BCUT2D eigenvalue weighted by Crippen LogP contribution is 2.23. The standard InChI is InChI=1S/C15H12N2O4S/c18-14(19)12-7-6-11(20-12)9-22-15-17-16-13(21-15)8-10-4-2-1-3-5-10/h1-7H,8-9H2,(H,18,19). The normalized spacial score (nSPS) is 10.7. The van der Waals surface area contributed by atoms with Crippen LogP contribution in [0.4, 0.5) is 0 Å². The summed E-state index contributed by atoms with van der Waals surface area (Å²) in [6.45, 7) is 0. The maximum Gasteiger partial charge on any atom is 0.371 e. The molecule has 0 radical (unpaired) electrons. The predicted octanol–water partition coefficient (Wildman–Crippen LogP) is 3.24. The van der Waals surface area contributed by atoms with Gasteiger partial charge in [-0.25, -0.2) is 4.79 Å². The molecule has 0 unspecified atom stereocenters. The van der Waals surface area contributed by atoms with Crippen LogP contribution in [-0.2, 0) is 12.2 Å². The van der Waals surface area contributed by atoms with Gasteiger partial charge in [0.05, 0.1) is 12.2 Å². The second-order valence-electron chi connectivity index (χ2n) is 4.48. The molecule has 0 atom stereocenters. The molecule has 0 aliphatic carbocycles. The molecule has 2 aromatic heterocycles. The van der Waals surface area contributed by atoms with Crippen molar-refractivity contribution in [1.82, 2.24) is 10.2 Å². The van der Waals surface area contributed by atoms with Gasteiger partial charge in [0.1, 0.15) is 5.76 Å². The first kappa shape index (κ1) is 14.4. The van der Waals surface area contributed by atoms with Crippen molar-refractivity contribution in [2.45, 2.75) is 17.4 Å². The lowest BCUT2D eigenvalue weighted by atomic mass is 10.2. The van der Waals surface area contributed by atoms with E-state index in [0.29, 0.717) is 29.0 Å². The van der Waals surface area contributed by atoms with E-state index < -0.39 is 5.97 Å². The molecule has 22 heavy (non-hydrogen) atoms. The second kappa shape index (κ2) is 6.48. The fourth-order valence-corrected chi connectivity index (χ4v) is 2.52. The van der Waals surface area contributed by atoms with E-state index in [-0.39, 0.29) is 5.76 Å². The number of hydrogen-bond donors (Lipinski definition) is 1. The summed E-state index contributed by atoms with van der Waals surface area (Å²) in [5.74, 6) is 0.356. The SMILES string of the molecule is O=C(O)c1ccc(CSc2nnc(Cc3ccccc3)o2)o1. The van der Waals surface area contributed by atoms with E-state index in [2.05, 4.69) is 10.2 Å². The topological polar surface area (TPSA) is 89.4 Å². The van der Waals surface area contributed by atoms with Crippen LogP contribution in [0.3, 0.4) is 0 Å². The summed E-state index contributed by atoms with van der Waals surface area (Å²) in [6.07, 6.45) is 0.582. The third-order valence-corrected chi connectivity index (χ3v) is 3.70. The van der Waals surface area contributed by atoms with E-state index in [4.69, 9.17) is 13.9 Å². The minimum Gasteiger partial charge on any atom is -0.475 e.